The van der Waals surface area contributed by atoms with Crippen LogP contribution in [0.5, 0.6) is 0 Å². The number of benzene rings is 1. The normalized spacial score (nSPS) is 22.1. The first-order valence-electron chi connectivity index (χ1n) is 10.0. The van der Waals surface area contributed by atoms with E-state index in [1.165, 1.54) is 17.0 Å². The van der Waals surface area contributed by atoms with Crippen LogP contribution in [0.4, 0.5) is 18.0 Å². The Morgan fingerprint density at radius 3 is 2.34 bits per heavy atom. The van der Waals surface area contributed by atoms with Gasteiger partial charge in [-0.3, -0.25) is 14.6 Å². The van der Waals surface area contributed by atoms with Gasteiger partial charge in [0.25, 0.3) is 5.91 Å². The minimum atomic E-state index is -4.32. The second-order valence-electron chi connectivity index (χ2n) is 7.64. The standard InChI is InChI=1S/C20H27F3N4O2/c1-2-4-17-18(28)27(19(29)24-17)14-26-10-3-9-25(11-12-26)13-15-5-7-16(8-6-15)20(21,22)23/h5-8,17H,2-4,9-14H2,1H3,(H,24,29)/t17-/m0/s1. The number of hydrogen-bond donors (Lipinski definition) is 1. The highest BCUT2D eigenvalue weighted by Crippen LogP contribution is 2.29. The van der Waals surface area contributed by atoms with Crippen LogP contribution in [0.1, 0.15) is 37.3 Å². The number of halogens is 3. The molecular weight excluding hydrogens is 385 g/mol. The van der Waals surface area contributed by atoms with Gasteiger partial charge in [0.05, 0.1) is 12.2 Å². The Labute approximate surface area is 168 Å². The molecular formula is C20H27F3N4O2. The SMILES string of the molecule is CCC[C@@H]1NC(=O)N(CN2CCCN(Cc3ccc(C(F)(F)F)cc3)CC2)C1=O. The zero-order valence-corrected chi connectivity index (χ0v) is 16.5. The number of nitrogens with zero attached hydrogens (tertiary/aromatic N) is 3. The number of nitrogens with one attached hydrogen (secondary N) is 1. The van der Waals surface area contributed by atoms with Crippen LogP contribution in [0, 0.1) is 0 Å². The lowest BCUT2D eigenvalue weighted by molar-refractivity contribution is -0.137. The summed E-state index contributed by atoms with van der Waals surface area (Å²) in [5.74, 6) is -0.164. The Morgan fingerprint density at radius 2 is 1.69 bits per heavy atom. The van der Waals surface area contributed by atoms with Gasteiger partial charge in [-0.1, -0.05) is 25.5 Å². The molecule has 6 nitrogen and oxygen atoms in total. The maximum atomic E-state index is 12.7. The molecule has 2 fully saturated rings. The third kappa shape index (κ3) is 5.48. The summed E-state index contributed by atoms with van der Waals surface area (Å²) in [5, 5.41) is 2.74. The van der Waals surface area contributed by atoms with Crippen LogP contribution in [0.25, 0.3) is 0 Å². The van der Waals surface area contributed by atoms with Crippen molar-refractivity contribution in [2.75, 3.05) is 32.8 Å². The van der Waals surface area contributed by atoms with Crippen molar-refractivity contribution in [3.05, 3.63) is 35.4 Å². The van der Waals surface area contributed by atoms with E-state index in [0.717, 1.165) is 50.2 Å². The Balaban J connectivity index is 1.51. The summed E-state index contributed by atoms with van der Waals surface area (Å²) in [6.07, 6.45) is -1.99. The van der Waals surface area contributed by atoms with E-state index in [-0.39, 0.29) is 18.6 Å². The summed E-state index contributed by atoms with van der Waals surface area (Å²) in [5.41, 5.74) is 0.196. The second kappa shape index (κ2) is 9.13. The Morgan fingerprint density at radius 1 is 1.03 bits per heavy atom. The van der Waals surface area contributed by atoms with Crippen molar-refractivity contribution >= 4 is 11.9 Å². The molecule has 2 aliphatic rings. The molecule has 3 amide bonds. The van der Waals surface area contributed by atoms with E-state index in [1.54, 1.807) is 0 Å². The summed E-state index contributed by atoms with van der Waals surface area (Å²) < 4.78 is 38.1. The molecule has 1 atom stereocenters. The lowest BCUT2D eigenvalue weighted by atomic mass is 10.1. The van der Waals surface area contributed by atoms with Crippen molar-refractivity contribution in [1.82, 2.24) is 20.0 Å². The predicted octanol–water partition coefficient (Wildman–Crippen LogP) is 2.89. The van der Waals surface area contributed by atoms with E-state index in [1.807, 2.05) is 6.92 Å². The molecule has 1 N–H and O–H groups in total. The smallest absolute Gasteiger partial charge is 0.326 e. The van der Waals surface area contributed by atoms with Crippen LogP contribution >= 0.6 is 0 Å². The number of imide groups is 1. The van der Waals surface area contributed by atoms with Crippen molar-refractivity contribution in [1.29, 1.82) is 0 Å². The third-order valence-electron chi connectivity index (χ3n) is 5.39. The summed E-state index contributed by atoms with van der Waals surface area (Å²) in [7, 11) is 0. The fourth-order valence-corrected chi connectivity index (χ4v) is 3.78. The molecule has 2 aliphatic heterocycles. The highest BCUT2D eigenvalue weighted by Gasteiger charge is 2.38. The number of alkyl halides is 3. The third-order valence-corrected chi connectivity index (χ3v) is 5.39. The van der Waals surface area contributed by atoms with E-state index in [0.29, 0.717) is 19.5 Å². The molecule has 1 aromatic rings. The zero-order chi connectivity index (χ0) is 21.0. The van der Waals surface area contributed by atoms with E-state index in [2.05, 4.69) is 15.1 Å². The van der Waals surface area contributed by atoms with Gasteiger partial charge < -0.3 is 5.32 Å². The van der Waals surface area contributed by atoms with Gasteiger partial charge in [-0.25, -0.2) is 9.69 Å². The van der Waals surface area contributed by atoms with E-state index in [9.17, 15) is 22.8 Å². The van der Waals surface area contributed by atoms with Crippen molar-refractivity contribution in [2.24, 2.45) is 0 Å². The van der Waals surface area contributed by atoms with Crippen LogP contribution in [0.2, 0.25) is 0 Å². The minimum Gasteiger partial charge on any atom is -0.326 e. The predicted molar refractivity (Wildman–Crippen MR) is 102 cm³/mol. The van der Waals surface area contributed by atoms with Crippen molar-refractivity contribution in [3.63, 3.8) is 0 Å². The van der Waals surface area contributed by atoms with Crippen LogP contribution in [-0.2, 0) is 17.5 Å². The molecule has 0 radical (unpaired) electrons. The van der Waals surface area contributed by atoms with Crippen LogP contribution in [0.15, 0.2) is 24.3 Å². The first kappa shape index (κ1) is 21.6. The van der Waals surface area contributed by atoms with Crippen molar-refractivity contribution in [2.45, 2.75) is 44.9 Å². The van der Waals surface area contributed by atoms with E-state index in [4.69, 9.17) is 0 Å². The summed E-state index contributed by atoms with van der Waals surface area (Å²) in [6.45, 7) is 5.82. The average Bonchev–Trinajstić information content (AvgIpc) is 2.83. The van der Waals surface area contributed by atoms with Gasteiger partial charge in [0.1, 0.15) is 6.04 Å². The molecule has 1 aromatic carbocycles. The molecule has 29 heavy (non-hydrogen) atoms. The van der Waals surface area contributed by atoms with E-state index >= 15 is 0 Å². The second-order valence-corrected chi connectivity index (χ2v) is 7.64. The van der Waals surface area contributed by atoms with E-state index < -0.39 is 17.8 Å². The monoisotopic (exact) mass is 412 g/mol. The fraction of sp³-hybridized carbons (Fsp3) is 0.600. The first-order chi connectivity index (χ1) is 13.8. The highest BCUT2D eigenvalue weighted by molar-refractivity contribution is 6.04. The molecule has 0 spiro atoms. The maximum absolute atomic E-state index is 12.7. The fourth-order valence-electron chi connectivity index (χ4n) is 3.78. The lowest BCUT2D eigenvalue weighted by Crippen LogP contribution is -2.43. The molecule has 0 bridgehead atoms. The minimum absolute atomic E-state index is 0.164. The summed E-state index contributed by atoms with van der Waals surface area (Å²) in [4.78, 5) is 30.1. The number of urea groups is 1. The van der Waals surface area contributed by atoms with Gasteiger partial charge in [0, 0.05) is 26.2 Å². The summed E-state index contributed by atoms with van der Waals surface area (Å²) in [6, 6.07) is 4.52. The number of carbonyl (C=O) groups excluding carboxylic acids is 2. The maximum Gasteiger partial charge on any atom is 0.416 e. The molecule has 2 heterocycles. The topological polar surface area (TPSA) is 55.9 Å². The van der Waals surface area contributed by atoms with Gasteiger partial charge in [-0.2, -0.15) is 13.2 Å². The van der Waals surface area contributed by atoms with Gasteiger partial charge >= 0.3 is 12.2 Å². The number of amides is 3. The number of carbonyl (C=O) groups is 2. The Kier molecular flexibility index (Phi) is 6.79. The van der Waals surface area contributed by atoms with Gasteiger partial charge in [0.15, 0.2) is 0 Å². The lowest BCUT2D eigenvalue weighted by Gasteiger charge is -2.25. The van der Waals surface area contributed by atoms with Crippen molar-refractivity contribution < 1.29 is 22.8 Å². The quantitative estimate of drug-likeness (QED) is 0.730. The van der Waals surface area contributed by atoms with Gasteiger partial charge in [-0.05, 0) is 37.1 Å². The highest BCUT2D eigenvalue weighted by atomic mass is 19.4. The zero-order valence-electron chi connectivity index (χ0n) is 16.5. The van der Waals surface area contributed by atoms with Crippen molar-refractivity contribution in [3.8, 4) is 0 Å². The van der Waals surface area contributed by atoms with Crippen LogP contribution in [-0.4, -0.2) is 65.5 Å². The molecule has 0 unspecified atom stereocenters. The number of hydrogen-bond acceptors (Lipinski definition) is 4. The van der Waals surface area contributed by atoms with Gasteiger partial charge in [-0.15, -0.1) is 0 Å². The van der Waals surface area contributed by atoms with Gasteiger partial charge in [0.2, 0.25) is 0 Å². The molecule has 0 aromatic heterocycles. The molecule has 160 valence electrons. The molecule has 0 aliphatic carbocycles. The molecule has 0 saturated carbocycles. The Hall–Kier alpha value is -2.13. The first-order valence-corrected chi connectivity index (χ1v) is 10.0. The number of rotatable bonds is 6. The largest absolute Gasteiger partial charge is 0.416 e. The average molecular weight is 412 g/mol. The van der Waals surface area contributed by atoms with Crippen LogP contribution in [0.3, 0.4) is 0 Å². The molecule has 9 heteroatoms. The molecule has 3 rings (SSSR count). The molecule has 2 saturated heterocycles. The van der Waals surface area contributed by atoms with Crippen LogP contribution < -0.4 is 5.32 Å². The Bertz CT molecular complexity index is 723. The summed E-state index contributed by atoms with van der Waals surface area (Å²) >= 11 is 0.